The first-order valence-electron chi connectivity index (χ1n) is 6.56. The summed E-state index contributed by atoms with van der Waals surface area (Å²) in [6.45, 7) is 2.01. The molecular weight excluding hydrogens is 286 g/mol. The van der Waals surface area contributed by atoms with Crippen molar-refractivity contribution in [3.05, 3.63) is 23.9 Å². The van der Waals surface area contributed by atoms with Crippen LogP contribution in [0.3, 0.4) is 0 Å². The lowest BCUT2D eigenvalue weighted by molar-refractivity contribution is -0.123. The van der Waals surface area contributed by atoms with E-state index < -0.39 is 21.3 Å². The van der Waals surface area contributed by atoms with Gasteiger partial charge in [-0.1, -0.05) is 31.9 Å². The number of hydrogen-bond acceptors (Lipinski definition) is 3. The fourth-order valence-corrected chi connectivity index (χ4v) is 4.50. The summed E-state index contributed by atoms with van der Waals surface area (Å²) in [4.78, 5) is 12.1. The van der Waals surface area contributed by atoms with Gasteiger partial charge in [-0.25, -0.2) is 12.7 Å². The number of unbranched alkanes of at least 4 members (excludes halogenated alkanes) is 2. The maximum Gasteiger partial charge on any atom is 0.259 e. The SMILES string of the molecule is CCCCCS(=O)(=O)N1C(=O)C(Cl)C2CC=CC=C21. The number of nitrogens with zero attached hydrogens (tertiary/aromatic N) is 1. The van der Waals surface area contributed by atoms with Crippen LogP contribution in [0.15, 0.2) is 23.9 Å². The number of hydrogen-bond donors (Lipinski definition) is 0. The Labute approximate surface area is 119 Å². The zero-order valence-electron chi connectivity index (χ0n) is 10.9. The quantitative estimate of drug-likeness (QED) is 0.579. The lowest BCUT2D eigenvalue weighted by Gasteiger charge is -2.21. The van der Waals surface area contributed by atoms with Crippen molar-refractivity contribution in [3.8, 4) is 0 Å². The van der Waals surface area contributed by atoms with Gasteiger partial charge in [0, 0.05) is 11.6 Å². The van der Waals surface area contributed by atoms with Crippen LogP contribution in [0.4, 0.5) is 0 Å². The number of allylic oxidation sites excluding steroid dienone is 4. The molecule has 2 rings (SSSR count). The van der Waals surface area contributed by atoms with Crippen molar-refractivity contribution in [2.24, 2.45) is 5.92 Å². The zero-order chi connectivity index (χ0) is 14.0. The van der Waals surface area contributed by atoms with Crippen LogP contribution in [0, 0.1) is 5.92 Å². The van der Waals surface area contributed by atoms with E-state index in [-0.39, 0.29) is 11.7 Å². The van der Waals surface area contributed by atoms with Gasteiger partial charge >= 0.3 is 0 Å². The van der Waals surface area contributed by atoms with Crippen molar-refractivity contribution in [3.63, 3.8) is 0 Å². The Hall–Kier alpha value is -0.810. The van der Waals surface area contributed by atoms with Crippen molar-refractivity contribution in [2.75, 3.05) is 5.75 Å². The molecule has 0 aromatic carbocycles. The highest BCUT2D eigenvalue weighted by molar-refractivity contribution is 7.89. The molecule has 6 heteroatoms. The van der Waals surface area contributed by atoms with Crippen molar-refractivity contribution in [2.45, 2.75) is 38.0 Å². The topological polar surface area (TPSA) is 54.5 Å². The normalized spacial score (nSPS) is 26.5. The zero-order valence-corrected chi connectivity index (χ0v) is 12.5. The number of amides is 1. The molecule has 1 aliphatic heterocycles. The van der Waals surface area contributed by atoms with E-state index in [2.05, 4.69) is 0 Å². The van der Waals surface area contributed by atoms with Gasteiger partial charge in [-0.3, -0.25) is 4.79 Å². The molecule has 106 valence electrons. The van der Waals surface area contributed by atoms with Crippen molar-refractivity contribution >= 4 is 27.5 Å². The second kappa shape index (κ2) is 5.67. The molecule has 0 N–H and O–H groups in total. The molecular formula is C13H18ClNO3S. The van der Waals surface area contributed by atoms with Crippen LogP contribution in [0.2, 0.25) is 0 Å². The third-order valence-electron chi connectivity index (χ3n) is 3.48. The first-order chi connectivity index (χ1) is 8.99. The minimum Gasteiger partial charge on any atom is -0.272 e. The Kier molecular flexibility index (Phi) is 4.36. The molecule has 4 nitrogen and oxygen atoms in total. The Balaban J connectivity index is 2.25. The summed E-state index contributed by atoms with van der Waals surface area (Å²) in [7, 11) is -3.59. The van der Waals surface area contributed by atoms with Crippen molar-refractivity contribution < 1.29 is 13.2 Å². The standard InChI is InChI=1S/C13H18ClNO3S/c1-2-3-6-9-19(17,18)15-11-8-5-4-7-10(11)12(14)13(15)16/h4-5,8,10,12H,2-3,6-7,9H2,1H3. The van der Waals surface area contributed by atoms with E-state index in [1.54, 1.807) is 12.2 Å². The minimum absolute atomic E-state index is 0.00393. The van der Waals surface area contributed by atoms with Crippen LogP contribution in [0.1, 0.15) is 32.6 Å². The highest BCUT2D eigenvalue weighted by atomic mass is 35.5. The van der Waals surface area contributed by atoms with E-state index in [1.807, 2.05) is 13.0 Å². The summed E-state index contributed by atoms with van der Waals surface area (Å²) in [5, 5.41) is -0.767. The van der Waals surface area contributed by atoms with Crippen LogP contribution < -0.4 is 0 Å². The third-order valence-corrected chi connectivity index (χ3v) is 5.72. The number of halogens is 1. The maximum atomic E-state index is 12.3. The van der Waals surface area contributed by atoms with Crippen LogP contribution in [0.5, 0.6) is 0 Å². The van der Waals surface area contributed by atoms with E-state index in [0.29, 0.717) is 18.5 Å². The number of alkyl halides is 1. The average molecular weight is 304 g/mol. The molecule has 0 bridgehead atoms. The van der Waals surface area contributed by atoms with E-state index in [9.17, 15) is 13.2 Å². The Morgan fingerprint density at radius 1 is 1.42 bits per heavy atom. The molecule has 0 saturated carbocycles. The maximum absolute atomic E-state index is 12.3. The van der Waals surface area contributed by atoms with Gasteiger partial charge in [0.2, 0.25) is 10.0 Å². The molecule has 0 radical (unpaired) electrons. The summed E-state index contributed by atoms with van der Waals surface area (Å²) >= 11 is 6.07. The first-order valence-corrected chi connectivity index (χ1v) is 8.61. The molecule has 2 atom stereocenters. The molecule has 1 amide bonds. The van der Waals surface area contributed by atoms with Crippen LogP contribution in [-0.4, -0.2) is 29.8 Å². The summed E-state index contributed by atoms with van der Waals surface area (Å²) in [6, 6.07) is 0. The number of rotatable bonds is 5. The highest BCUT2D eigenvalue weighted by Gasteiger charge is 2.48. The van der Waals surface area contributed by atoms with Crippen LogP contribution >= 0.6 is 11.6 Å². The second-order valence-electron chi connectivity index (χ2n) is 4.89. The number of fused-ring (bicyclic) bond motifs is 1. The van der Waals surface area contributed by atoms with Gasteiger partial charge < -0.3 is 0 Å². The monoisotopic (exact) mass is 303 g/mol. The predicted octanol–water partition coefficient (Wildman–Crippen LogP) is 2.42. The van der Waals surface area contributed by atoms with E-state index in [4.69, 9.17) is 11.6 Å². The molecule has 19 heavy (non-hydrogen) atoms. The number of carbonyl (C=O) groups is 1. The molecule has 2 aliphatic rings. The van der Waals surface area contributed by atoms with Crippen molar-refractivity contribution in [1.82, 2.24) is 4.31 Å². The molecule has 0 spiro atoms. The molecule has 0 aromatic rings. The molecule has 2 unspecified atom stereocenters. The van der Waals surface area contributed by atoms with Crippen LogP contribution in [0.25, 0.3) is 0 Å². The van der Waals surface area contributed by atoms with Gasteiger partial charge in [0.25, 0.3) is 5.91 Å². The van der Waals surface area contributed by atoms with Gasteiger partial charge in [0.15, 0.2) is 0 Å². The Morgan fingerprint density at radius 3 is 2.84 bits per heavy atom. The molecule has 1 fully saturated rings. The van der Waals surface area contributed by atoms with E-state index >= 15 is 0 Å². The summed E-state index contributed by atoms with van der Waals surface area (Å²) in [6.07, 6.45) is 8.35. The summed E-state index contributed by atoms with van der Waals surface area (Å²) < 4.78 is 25.5. The van der Waals surface area contributed by atoms with Gasteiger partial charge in [0.1, 0.15) is 5.38 Å². The summed E-state index contributed by atoms with van der Waals surface area (Å²) in [5.74, 6) is -0.706. The van der Waals surface area contributed by atoms with Gasteiger partial charge in [-0.15, -0.1) is 11.6 Å². The minimum atomic E-state index is -3.59. The third kappa shape index (κ3) is 2.72. The lowest BCUT2D eigenvalue weighted by Crippen LogP contribution is -2.35. The lowest BCUT2D eigenvalue weighted by atomic mass is 9.97. The average Bonchev–Trinajstić information content (AvgIpc) is 2.63. The fraction of sp³-hybridized carbons (Fsp3) is 0.615. The van der Waals surface area contributed by atoms with E-state index in [1.165, 1.54) is 0 Å². The van der Waals surface area contributed by atoms with Gasteiger partial charge in [-0.2, -0.15) is 0 Å². The van der Waals surface area contributed by atoms with Crippen LogP contribution in [-0.2, 0) is 14.8 Å². The fourth-order valence-electron chi connectivity index (χ4n) is 2.46. The van der Waals surface area contributed by atoms with Gasteiger partial charge in [-0.05, 0) is 18.9 Å². The largest absolute Gasteiger partial charge is 0.272 e. The molecule has 1 saturated heterocycles. The second-order valence-corrected chi connectivity index (χ2v) is 7.30. The number of carbonyl (C=O) groups excluding carboxylic acids is 1. The summed E-state index contributed by atoms with van der Waals surface area (Å²) in [5.41, 5.74) is 0.531. The predicted molar refractivity (Wildman–Crippen MR) is 75.1 cm³/mol. The van der Waals surface area contributed by atoms with Gasteiger partial charge in [0.05, 0.1) is 5.75 Å². The number of sulfonamides is 1. The molecule has 1 aliphatic carbocycles. The van der Waals surface area contributed by atoms with E-state index in [0.717, 1.165) is 17.1 Å². The Bertz CT molecular complexity index is 524. The Morgan fingerprint density at radius 2 is 2.16 bits per heavy atom. The van der Waals surface area contributed by atoms with Crippen molar-refractivity contribution in [1.29, 1.82) is 0 Å². The molecule has 0 aromatic heterocycles. The first kappa shape index (κ1) is 14.6. The highest BCUT2D eigenvalue weighted by Crippen LogP contribution is 2.39. The molecule has 1 heterocycles. The smallest absolute Gasteiger partial charge is 0.259 e.